The van der Waals surface area contributed by atoms with Gasteiger partial charge in [-0.05, 0) is 36.8 Å². The molecule has 0 aliphatic carbocycles. The zero-order chi connectivity index (χ0) is 10.1. The monoisotopic (exact) mass is 204 g/mol. The van der Waals surface area contributed by atoms with E-state index < -0.39 is 0 Å². The van der Waals surface area contributed by atoms with Crippen LogP contribution in [0, 0.1) is 6.92 Å². The van der Waals surface area contributed by atoms with E-state index in [0.717, 1.165) is 5.56 Å². The lowest BCUT2D eigenvalue weighted by Gasteiger charge is -2.02. The van der Waals surface area contributed by atoms with E-state index in [1.54, 1.807) is 11.3 Å². The highest BCUT2D eigenvalue weighted by molar-refractivity contribution is 7.15. The molecule has 1 aromatic carbocycles. The number of rotatable bonds is 1. The summed E-state index contributed by atoms with van der Waals surface area (Å²) in [5.74, 6) is 0. The molecule has 2 aromatic rings. The standard InChI is InChI=1S/C11H12N2S/c1-7-2-5-11(14-7)8-3-4-9(12)10(13)6-8/h2-6H,12-13H2,1H3. The zero-order valence-electron chi connectivity index (χ0n) is 7.95. The van der Waals surface area contributed by atoms with Gasteiger partial charge in [-0.25, -0.2) is 0 Å². The SMILES string of the molecule is Cc1ccc(-c2ccc(N)c(N)c2)s1. The summed E-state index contributed by atoms with van der Waals surface area (Å²) < 4.78 is 0. The average molecular weight is 204 g/mol. The van der Waals surface area contributed by atoms with Crippen molar-refractivity contribution in [1.29, 1.82) is 0 Å². The predicted octanol–water partition coefficient (Wildman–Crippen LogP) is 2.89. The highest BCUT2D eigenvalue weighted by Crippen LogP contribution is 2.30. The molecule has 4 N–H and O–H groups in total. The summed E-state index contributed by atoms with van der Waals surface area (Å²) in [7, 11) is 0. The van der Waals surface area contributed by atoms with Crippen molar-refractivity contribution in [2.75, 3.05) is 11.5 Å². The van der Waals surface area contributed by atoms with E-state index in [1.165, 1.54) is 9.75 Å². The Balaban J connectivity index is 2.47. The minimum atomic E-state index is 0.641. The summed E-state index contributed by atoms with van der Waals surface area (Å²) in [6.45, 7) is 2.09. The number of hydrogen-bond acceptors (Lipinski definition) is 3. The molecule has 0 saturated carbocycles. The smallest absolute Gasteiger partial charge is 0.0554 e. The van der Waals surface area contributed by atoms with E-state index in [-0.39, 0.29) is 0 Å². The van der Waals surface area contributed by atoms with Crippen LogP contribution in [0.4, 0.5) is 11.4 Å². The van der Waals surface area contributed by atoms with E-state index in [4.69, 9.17) is 11.5 Å². The number of hydrogen-bond donors (Lipinski definition) is 2. The molecule has 0 spiro atoms. The molecule has 0 aliphatic heterocycles. The molecule has 2 rings (SSSR count). The Bertz CT molecular complexity index is 460. The minimum Gasteiger partial charge on any atom is -0.397 e. The van der Waals surface area contributed by atoms with E-state index in [2.05, 4.69) is 19.1 Å². The Hall–Kier alpha value is -1.48. The third kappa shape index (κ3) is 1.59. The maximum Gasteiger partial charge on any atom is 0.0554 e. The maximum absolute atomic E-state index is 5.74. The Morgan fingerprint density at radius 3 is 2.36 bits per heavy atom. The predicted molar refractivity (Wildman–Crippen MR) is 63.3 cm³/mol. The lowest BCUT2D eigenvalue weighted by Crippen LogP contribution is -1.93. The topological polar surface area (TPSA) is 52.0 Å². The van der Waals surface area contributed by atoms with Crippen LogP contribution >= 0.6 is 11.3 Å². The molecule has 0 saturated heterocycles. The Labute approximate surface area is 87.2 Å². The average Bonchev–Trinajstić information content (AvgIpc) is 2.57. The van der Waals surface area contributed by atoms with Crippen LogP contribution in [0.2, 0.25) is 0 Å². The lowest BCUT2D eigenvalue weighted by molar-refractivity contribution is 1.64. The first-order chi connectivity index (χ1) is 6.66. The number of thiophene rings is 1. The van der Waals surface area contributed by atoms with Gasteiger partial charge in [0.05, 0.1) is 11.4 Å². The van der Waals surface area contributed by atoms with Crippen LogP contribution in [0.3, 0.4) is 0 Å². The molecule has 1 aromatic heterocycles. The van der Waals surface area contributed by atoms with Gasteiger partial charge in [0.1, 0.15) is 0 Å². The zero-order valence-corrected chi connectivity index (χ0v) is 8.77. The first-order valence-electron chi connectivity index (χ1n) is 4.38. The molecule has 0 unspecified atom stereocenters. The molecule has 72 valence electrons. The van der Waals surface area contributed by atoms with Gasteiger partial charge in [-0.2, -0.15) is 0 Å². The van der Waals surface area contributed by atoms with Gasteiger partial charge >= 0.3 is 0 Å². The van der Waals surface area contributed by atoms with Crippen LogP contribution in [0.15, 0.2) is 30.3 Å². The molecule has 2 nitrogen and oxygen atoms in total. The van der Waals surface area contributed by atoms with Crippen molar-refractivity contribution in [3.05, 3.63) is 35.2 Å². The maximum atomic E-state index is 5.74. The summed E-state index contributed by atoms with van der Waals surface area (Å²) in [5, 5.41) is 0. The van der Waals surface area contributed by atoms with E-state index >= 15 is 0 Å². The van der Waals surface area contributed by atoms with Crippen molar-refractivity contribution in [2.24, 2.45) is 0 Å². The van der Waals surface area contributed by atoms with Crippen molar-refractivity contribution in [1.82, 2.24) is 0 Å². The fourth-order valence-electron chi connectivity index (χ4n) is 1.32. The Kier molecular flexibility index (Phi) is 2.17. The van der Waals surface area contributed by atoms with Gasteiger partial charge in [0.25, 0.3) is 0 Å². The molecule has 0 aliphatic rings. The molecule has 3 heteroatoms. The van der Waals surface area contributed by atoms with Gasteiger partial charge in [0.15, 0.2) is 0 Å². The third-order valence-corrected chi connectivity index (χ3v) is 3.16. The molecule has 1 heterocycles. The molecule has 14 heavy (non-hydrogen) atoms. The first kappa shape index (κ1) is 9.09. The van der Waals surface area contributed by atoms with Crippen LogP contribution in [0.25, 0.3) is 10.4 Å². The summed E-state index contributed by atoms with van der Waals surface area (Å²) in [6, 6.07) is 9.97. The molecular weight excluding hydrogens is 192 g/mol. The van der Waals surface area contributed by atoms with Gasteiger partial charge in [0.2, 0.25) is 0 Å². The number of nitrogen functional groups attached to an aromatic ring is 2. The van der Waals surface area contributed by atoms with E-state index in [9.17, 15) is 0 Å². The van der Waals surface area contributed by atoms with Crippen LogP contribution in [0.1, 0.15) is 4.88 Å². The Morgan fingerprint density at radius 2 is 1.79 bits per heavy atom. The second-order valence-electron chi connectivity index (χ2n) is 3.25. The largest absolute Gasteiger partial charge is 0.397 e. The molecule has 0 bridgehead atoms. The van der Waals surface area contributed by atoms with E-state index in [1.807, 2.05) is 18.2 Å². The second kappa shape index (κ2) is 3.35. The van der Waals surface area contributed by atoms with Crippen LogP contribution in [0.5, 0.6) is 0 Å². The van der Waals surface area contributed by atoms with Crippen LogP contribution in [-0.4, -0.2) is 0 Å². The summed E-state index contributed by atoms with van der Waals surface area (Å²) in [5.41, 5.74) is 13.8. The number of anilines is 2. The van der Waals surface area contributed by atoms with Crippen LogP contribution in [-0.2, 0) is 0 Å². The second-order valence-corrected chi connectivity index (χ2v) is 4.54. The number of nitrogens with two attached hydrogens (primary N) is 2. The minimum absolute atomic E-state index is 0.641. The van der Waals surface area contributed by atoms with Gasteiger partial charge in [-0.1, -0.05) is 6.07 Å². The number of aryl methyl sites for hydroxylation is 1. The molecule has 0 radical (unpaired) electrons. The summed E-state index contributed by atoms with van der Waals surface area (Å²) in [6.07, 6.45) is 0. The highest BCUT2D eigenvalue weighted by atomic mass is 32.1. The van der Waals surface area contributed by atoms with Crippen molar-refractivity contribution in [3.8, 4) is 10.4 Å². The van der Waals surface area contributed by atoms with Crippen molar-refractivity contribution >= 4 is 22.7 Å². The van der Waals surface area contributed by atoms with Crippen molar-refractivity contribution in [2.45, 2.75) is 6.92 Å². The van der Waals surface area contributed by atoms with E-state index in [0.29, 0.717) is 11.4 Å². The molecule has 0 atom stereocenters. The highest BCUT2D eigenvalue weighted by Gasteiger charge is 2.02. The first-order valence-corrected chi connectivity index (χ1v) is 5.20. The summed E-state index contributed by atoms with van der Waals surface area (Å²) in [4.78, 5) is 2.53. The van der Waals surface area contributed by atoms with Crippen molar-refractivity contribution < 1.29 is 0 Å². The van der Waals surface area contributed by atoms with Crippen LogP contribution < -0.4 is 11.5 Å². The molecule has 0 fully saturated rings. The molecule has 0 amide bonds. The number of benzene rings is 1. The normalized spacial score (nSPS) is 10.4. The summed E-state index contributed by atoms with van der Waals surface area (Å²) >= 11 is 1.76. The lowest BCUT2D eigenvalue weighted by atomic mass is 10.1. The molecular formula is C11H12N2S. The van der Waals surface area contributed by atoms with Gasteiger partial charge in [-0.3, -0.25) is 0 Å². The fraction of sp³-hybridized carbons (Fsp3) is 0.0909. The van der Waals surface area contributed by atoms with Crippen molar-refractivity contribution in [3.63, 3.8) is 0 Å². The van der Waals surface area contributed by atoms with Gasteiger partial charge < -0.3 is 11.5 Å². The van der Waals surface area contributed by atoms with Gasteiger partial charge in [-0.15, -0.1) is 11.3 Å². The Morgan fingerprint density at radius 1 is 1.00 bits per heavy atom. The van der Waals surface area contributed by atoms with Gasteiger partial charge in [0, 0.05) is 9.75 Å². The third-order valence-electron chi connectivity index (χ3n) is 2.11. The fourth-order valence-corrected chi connectivity index (χ4v) is 2.18. The quantitative estimate of drug-likeness (QED) is 0.702.